The Balaban J connectivity index is 2.31. The van der Waals surface area contributed by atoms with Crippen LogP contribution in [0.5, 0.6) is 0 Å². The molecule has 0 aliphatic carbocycles. The molecule has 0 atom stereocenters. The van der Waals surface area contributed by atoms with E-state index in [2.05, 4.69) is 36.6 Å². The normalized spacial score (nSPS) is 10.3. The summed E-state index contributed by atoms with van der Waals surface area (Å²) in [6, 6.07) is 7.30. The highest BCUT2D eigenvalue weighted by atomic mass is 79.9. The second-order valence-electron chi connectivity index (χ2n) is 3.80. The fourth-order valence-corrected chi connectivity index (χ4v) is 2.24. The van der Waals surface area contributed by atoms with Gasteiger partial charge in [0.1, 0.15) is 17.5 Å². The van der Waals surface area contributed by atoms with E-state index in [0.717, 1.165) is 16.6 Å². The average molecular weight is 343 g/mol. The molecule has 4 N–H and O–H groups in total. The number of nitrogens with one attached hydrogen (secondary N) is 2. The van der Waals surface area contributed by atoms with Crippen LogP contribution in [0.1, 0.15) is 12.7 Å². The van der Waals surface area contributed by atoms with Crippen molar-refractivity contribution in [3.8, 4) is 0 Å². The summed E-state index contributed by atoms with van der Waals surface area (Å²) < 4.78 is 0.921. The fraction of sp³-hybridized carbons (Fsp3) is 0.167. The number of hydrazine groups is 1. The fourth-order valence-electron chi connectivity index (χ4n) is 1.52. The van der Waals surface area contributed by atoms with Crippen LogP contribution in [0.25, 0.3) is 0 Å². The molecular formula is C12H13BrClN5. The van der Waals surface area contributed by atoms with Gasteiger partial charge in [-0.3, -0.25) is 0 Å². The lowest BCUT2D eigenvalue weighted by Crippen LogP contribution is -2.11. The zero-order chi connectivity index (χ0) is 13.8. The summed E-state index contributed by atoms with van der Waals surface area (Å²) in [6.07, 6.45) is 0.721. The number of nitrogens with zero attached hydrogens (tertiary/aromatic N) is 2. The molecule has 2 rings (SSSR count). The Kier molecular flexibility index (Phi) is 4.57. The van der Waals surface area contributed by atoms with Crippen molar-refractivity contribution in [3.05, 3.63) is 39.6 Å². The SMILES string of the molecule is CCc1nc(NN)cc(Nc2ccc(Br)cc2Cl)n1. The first kappa shape index (κ1) is 14.0. The van der Waals surface area contributed by atoms with Gasteiger partial charge in [-0.25, -0.2) is 15.8 Å². The predicted molar refractivity (Wildman–Crippen MR) is 81.7 cm³/mol. The van der Waals surface area contributed by atoms with E-state index < -0.39 is 0 Å². The molecule has 0 saturated heterocycles. The molecule has 0 bridgehead atoms. The number of halogens is 2. The van der Waals surface area contributed by atoms with Gasteiger partial charge in [-0.05, 0) is 18.2 Å². The van der Waals surface area contributed by atoms with E-state index in [-0.39, 0.29) is 0 Å². The minimum Gasteiger partial charge on any atom is -0.339 e. The van der Waals surface area contributed by atoms with Crippen LogP contribution in [0.15, 0.2) is 28.7 Å². The number of hydrogen-bond donors (Lipinski definition) is 3. The lowest BCUT2D eigenvalue weighted by Gasteiger charge is -2.10. The van der Waals surface area contributed by atoms with Crippen molar-refractivity contribution in [1.82, 2.24) is 9.97 Å². The van der Waals surface area contributed by atoms with Crippen LogP contribution in [0.4, 0.5) is 17.3 Å². The number of aryl methyl sites for hydroxylation is 1. The number of hydrogen-bond acceptors (Lipinski definition) is 5. The summed E-state index contributed by atoms with van der Waals surface area (Å²) in [7, 11) is 0. The van der Waals surface area contributed by atoms with Crippen LogP contribution in [0.2, 0.25) is 5.02 Å². The molecule has 1 aromatic heterocycles. The zero-order valence-electron chi connectivity index (χ0n) is 10.2. The van der Waals surface area contributed by atoms with Crippen molar-refractivity contribution < 1.29 is 0 Å². The Hall–Kier alpha value is -1.37. The molecule has 7 heteroatoms. The molecule has 0 saturated carbocycles. The van der Waals surface area contributed by atoms with E-state index in [1.807, 2.05) is 25.1 Å². The summed E-state index contributed by atoms with van der Waals surface area (Å²) in [4.78, 5) is 8.59. The second-order valence-corrected chi connectivity index (χ2v) is 5.12. The molecule has 2 aromatic rings. The van der Waals surface area contributed by atoms with Gasteiger partial charge in [0.25, 0.3) is 0 Å². The highest BCUT2D eigenvalue weighted by Gasteiger charge is 2.06. The first-order valence-electron chi connectivity index (χ1n) is 5.69. The number of benzene rings is 1. The van der Waals surface area contributed by atoms with E-state index in [4.69, 9.17) is 17.4 Å². The molecule has 0 fully saturated rings. The van der Waals surface area contributed by atoms with E-state index in [1.54, 1.807) is 6.07 Å². The summed E-state index contributed by atoms with van der Waals surface area (Å²) in [5.41, 5.74) is 3.29. The quantitative estimate of drug-likeness (QED) is 0.586. The number of nitrogen functional groups attached to an aromatic ring is 1. The van der Waals surface area contributed by atoms with Crippen molar-refractivity contribution in [3.63, 3.8) is 0 Å². The zero-order valence-corrected chi connectivity index (χ0v) is 12.6. The smallest absolute Gasteiger partial charge is 0.145 e. The standard InChI is InChI=1S/C12H13BrClN5/c1-2-10-17-11(6-12(18-10)19-15)16-9-4-3-7(13)5-8(9)14/h3-6H,2,15H2,1H3,(H2,16,17,18,19). The topological polar surface area (TPSA) is 75.9 Å². The van der Waals surface area contributed by atoms with Gasteiger partial charge in [-0.2, -0.15) is 0 Å². The Morgan fingerprint density at radius 2 is 2.00 bits per heavy atom. The Labute approximate surface area is 124 Å². The largest absolute Gasteiger partial charge is 0.339 e. The molecule has 100 valence electrons. The van der Waals surface area contributed by atoms with Crippen LogP contribution in [-0.2, 0) is 6.42 Å². The van der Waals surface area contributed by atoms with Gasteiger partial charge < -0.3 is 10.7 Å². The molecule has 0 amide bonds. The Morgan fingerprint density at radius 1 is 1.26 bits per heavy atom. The van der Waals surface area contributed by atoms with Gasteiger partial charge in [-0.1, -0.05) is 34.5 Å². The van der Waals surface area contributed by atoms with Crippen LogP contribution in [0.3, 0.4) is 0 Å². The predicted octanol–water partition coefficient (Wildman–Crippen LogP) is 3.48. The second kappa shape index (κ2) is 6.18. The summed E-state index contributed by atoms with van der Waals surface area (Å²) in [6.45, 7) is 1.98. The minimum atomic E-state index is 0.558. The molecule has 0 spiro atoms. The van der Waals surface area contributed by atoms with Gasteiger partial charge in [-0.15, -0.1) is 0 Å². The molecule has 0 aliphatic heterocycles. The first-order chi connectivity index (χ1) is 9.12. The molecule has 0 unspecified atom stereocenters. The van der Waals surface area contributed by atoms with Gasteiger partial charge in [0, 0.05) is 17.0 Å². The number of rotatable bonds is 4. The number of nitrogens with two attached hydrogens (primary N) is 1. The Bertz CT molecular complexity index is 568. The van der Waals surface area contributed by atoms with Gasteiger partial charge >= 0.3 is 0 Å². The highest BCUT2D eigenvalue weighted by molar-refractivity contribution is 9.10. The van der Waals surface area contributed by atoms with Crippen molar-refractivity contribution in [2.45, 2.75) is 13.3 Å². The lowest BCUT2D eigenvalue weighted by atomic mass is 10.3. The van der Waals surface area contributed by atoms with E-state index in [9.17, 15) is 0 Å². The third-order valence-electron chi connectivity index (χ3n) is 2.43. The lowest BCUT2D eigenvalue weighted by molar-refractivity contribution is 0.941. The van der Waals surface area contributed by atoms with Crippen molar-refractivity contribution in [2.75, 3.05) is 10.7 Å². The Morgan fingerprint density at radius 3 is 2.63 bits per heavy atom. The van der Waals surface area contributed by atoms with Crippen LogP contribution in [0, 0.1) is 0 Å². The number of anilines is 3. The summed E-state index contributed by atoms with van der Waals surface area (Å²) in [5.74, 6) is 7.29. The summed E-state index contributed by atoms with van der Waals surface area (Å²) in [5, 5.41) is 3.75. The van der Waals surface area contributed by atoms with Gasteiger partial charge in [0.05, 0.1) is 10.7 Å². The van der Waals surface area contributed by atoms with Crippen molar-refractivity contribution in [1.29, 1.82) is 0 Å². The third-order valence-corrected chi connectivity index (χ3v) is 3.24. The third kappa shape index (κ3) is 3.56. The highest BCUT2D eigenvalue weighted by Crippen LogP contribution is 2.28. The monoisotopic (exact) mass is 341 g/mol. The summed E-state index contributed by atoms with van der Waals surface area (Å²) >= 11 is 9.51. The van der Waals surface area contributed by atoms with Crippen molar-refractivity contribution in [2.24, 2.45) is 5.84 Å². The average Bonchev–Trinajstić information content (AvgIpc) is 2.41. The maximum absolute atomic E-state index is 6.15. The van der Waals surface area contributed by atoms with E-state index in [0.29, 0.717) is 22.5 Å². The van der Waals surface area contributed by atoms with E-state index in [1.165, 1.54) is 0 Å². The van der Waals surface area contributed by atoms with Gasteiger partial charge in [0.2, 0.25) is 0 Å². The van der Waals surface area contributed by atoms with Crippen molar-refractivity contribution >= 4 is 44.9 Å². The van der Waals surface area contributed by atoms with Crippen LogP contribution in [-0.4, -0.2) is 9.97 Å². The molecule has 0 radical (unpaired) electrons. The molecule has 19 heavy (non-hydrogen) atoms. The molecule has 1 heterocycles. The molecular weight excluding hydrogens is 330 g/mol. The minimum absolute atomic E-state index is 0.558. The van der Waals surface area contributed by atoms with Gasteiger partial charge in [0.15, 0.2) is 0 Å². The van der Waals surface area contributed by atoms with Crippen LogP contribution < -0.4 is 16.6 Å². The number of aromatic nitrogens is 2. The molecule has 1 aromatic carbocycles. The van der Waals surface area contributed by atoms with E-state index >= 15 is 0 Å². The maximum Gasteiger partial charge on any atom is 0.145 e. The van der Waals surface area contributed by atoms with Crippen LogP contribution >= 0.6 is 27.5 Å². The maximum atomic E-state index is 6.15. The molecule has 5 nitrogen and oxygen atoms in total. The first-order valence-corrected chi connectivity index (χ1v) is 6.86. The molecule has 0 aliphatic rings.